The van der Waals surface area contributed by atoms with Crippen molar-refractivity contribution in [3.05, 3.63) is 24.0 Å². The lowest BCUT2D eigenvalue weighted by Crippen LogP contribution is -2.25. The molecule has 4 nitrogen and oxygen atoms in total. The molecule has 0 aliphatic heterocycles. The predicted octanol–water partition coefficient (Wildman–Crippen LogP) is 2.90. The molecule has 1 N–H and O–H groups in total. The number of imidazole rings is 1. The molecule has 110 valence electrons. The molecular formula is C16H25N3O. The molecule has 0 radical (unpaired) electrons. The van der Waals surface area contributed by atoms with E-state index in [1.165, 1.54) is 0 Å². The Morgan fingerprint density at radius 1 is 1.35 bits per heavy atom. The largest absolute Gasteiger partial charge is 0.494 e. The Kier molecular flexibility index (Phi) is 5.01. The maximum Gasteiger partial charge on any atom is 0.121 e. The van der Waals surface area contributed by atoms with E-state index in [-0.39, 0.29) is 0 Å². The van der Waals surface area contributed by atoms with E-state index in [0.717, 1.165) is 48.6 Å². The summed E-state index contributed by atoms with van der Waals surface area (Å²) >= 11 is 0. The zero-order valence-electron chi connectivity index (χ0n) is 12.9. The Hall–Kier alpha value is -1.55. The summed E-state index contributed by atoms with van der Waals surface area (Å²) < 4.78 is 7.83. The quantitative estimate of drug-likeness (QED) is 0.844. The predicted molar refractivity (Wildman–Crippen MR) is 83.3 cm³/mol. The highest BCUT2D eigenvalue weighted by molar-refractivity contribution is 5.77. The fraction of sp³-hybridized carbons (Fsp3) is 0.562. The molecule has 1 heterocycles. The van der Waals surface area contributed by atoms with Gasteiger partial charge in [-0.15, -0.1) is 0 Å². The van der Waals surface area contributed by atoms with Crippen molar-refractivity contribution in [1.82, 2.24) is 14.9 Å². The lowest BCUT2D eigenvalue weighted by Gasteiger charge is -2.07. The monoisotopic (exact) mass is 275 g/mol. The fourth-order valence-electron chi connectivity index (χ4n) is 2.24. The highest BCUT2D eigenvalue weighted by Crippen LogP contribution is 2.21. The molecule has 0 aliphatic carbocycles. The van der Waals surface area contributed by atoms with Crippen LogP contribution in [0.2, 0.25) is 0 Å². The van der Waals surface area contributed by atoms with Crippen molar-refractivity contribution in [3.63, 3.8) is 0 Å². The first-order chi connectivity index (χ1) is 9.61. The number of rotatable bonds is 7. The van der Waals surface area contributed by atoms with Crippen molar-refractivity contribution in [1.29, 1.82) is 0 Å². The zero-order valence-corrected chi connectivity index (χ0v) is 12.9. The van der Waals surface area contributed by atoms with Crippen LogP contribution >= 0.6 is 0 Å². The third-order valence-electron chi connectivity index (χ3n) is 3.32. The molecule has 2 aromatic rings. The second-order valence-corrected chi connectivity index (χ2v) is 5.44. The summed E-state index contributed by atoms with van der Waals surface area (Å²) in [6.07, 6.45) is 1.96. The molecule has 0 bridgehead atoms. The summed E-state index contributed by atoms with van der Waals surface area (Å²) in [6.45, 7) is 8.13. The number of aryl methyl sites for hydroxylation is 1. The molecule has 2 rings (SSSR count). The number of fused-ring (bicyclic) bond motifs is 1. The smallest absolute Gasteiger partial charge is 0.121 e. The van der Waals surface area contributed by atoms with E-state index in [2.05, 4.69) is 43.8 Å². The van der Waals surface area contributed by atoms with Crippen LogP contribution in [0.25, 0.3) is 11.0 Å². The van der Waals surface area contributed by atoms with Crippen LogP contribution in [0.3, 0.4) is 0 Å². The van der Waals surface area contributed by atoms with Crippen LogP contribution in [-0.4, -0.2) is 28.7 Å². The van der Waals surface area contributed by atoms with Gasteiger partial charge in [0.15, 0.2) is 0 Å². The highest BCUT2D eigenvalue weighted by atomic mass is 16.5. The van der Waals surface area contributed by atoms with Crippen LogP contribution in [0.4, 0.5) is 0 Å². The molecule has 4 heteroatoms. The van der Waals surface area contributed by atoms with Crippen molar-refractivity contribution >= 4 is 11.0 Å². The fourth-order valence-corrected chi connectivity index (χ4v) is 2.24. The van der Waals surface area contributed by atoms with E-state index in [1.807, 2.05) is 12.1 Å². The Morgan fingerprint density at radius 3 is 2.85 bits per heavy atom. The van der Waals surface area contributed by atoms with E-state index >= 15 is 0 Å². The minimum Gasteiger partial charge on any atom is -0.494 e. The molecule has 0 atom stereocenters. The van der Waals surface area contributed by atoms with Crippen molar-refractivity contribution in [2.45, 2.75) is 39.7 Å². The van der Waals surface area contributed by atoms with Gasteiger partial charge in [-0.1, -0.05) is 20.8 Å². The van der Waals surface area contributed by atoms with Crippen molar-refractivity contribution in [2.24, 2.45) is 7.05 Å². The van der Waals surface area contributed by atoms with E-state index in [0.29, 0.717) is 6.04 Å². The Morgan fingerprint density at radius 2 is 2.15 bits per heavy atom. The van der Waals surface area contributed by atoms with Gasteiger partial charge in [-0.2, -0.15) is 0 Å². The molecule has 0 amide bonds. The first kappa shape index (κ1) is 14.9. The molecule has 1 aromatic carbocycles. The normalized spacial score (nSPS) is 11.4. The first-order valence-electron chi connectivity index (χ1n) is 7.43. The molecular weight excluding hydrogens is 250 g/mol. The van der Waals surface area contributed by atoms with E-state index in [4.69, 9.17) is 9.72 Å². The van der Waals surface area contributed by atoms with Gasteiger partial charge in [-0.3, -0.25) is 0 Å². The maximum atomic E-state index is 5.66. The van der Waals surface area contributed by atoms with Crippen molar-refractivity contribution in [2.75, 3.05) is 13.2 Å². The summed E-state index contributed by atoms with van der Waals surface area (Å²) in [5.74, 6) is 2.02. The molecule has 0 fully saturated rings. The third kappa shape index (κ3) is 3.51. The van der Waals surface area contributed by atoms with Gasteiger partial charge in [0.25, 0.3) is 0 Å². The summed E-state index contributed by atoms with van der Waals surface area (Å²) in [5.41, 5.74) is 2.18. The van der Waals surface area contributed by atoms with Gasteiger partial charge in [0.1, 0.15) is 11.6 Å². The number of aromatic nitrogens is 2. The van der Waals surface area contributed by atoms with E-state index in [1.54, 1.807) is 0 Å². The molecule has 0 spiro atoms. The minimum atomic E-state index is 0.513. The van der Waals surface area contributed by atoms with Crippen molar-refractivity contribution < 1.29 is 4.74 Å². The molecule has 0 aliphatic rings. The molecule has 0 saturated heterocycles. The van der Waals surface area contributed by atoms with Crippen LogP contribution in [-0.2, 0) is 13.5 Å². The Bertz CT molecular complexity index is 560. The second-order valence-electron chi connectivity index (χ2n) is 5.44. The second kappa shape index (κ2) is 6.75. The third-order valence-corrected chi connectivity index (χ3v) is 3.32. The van der Waals surface area contributed by atoms with Crippen LogP contribution in [0.1, 0.15) is 33.0 Å². The molecule has 0 unspecified atom stereocenters. The van der Waals surface area contributed by atoms with Crippen LogP contribution in [0.15, 0.2) is 18.2 Å². The van der Waals surface area contributed by atoms with Gasteiger partial charge < -0.3 is 14.6 Å². The number of ether oxygens (including phenoxy) is 1. The first-order valence-corrected chi connectivity index (χ1v) is 7.43. The summed E-state index contributed by atoms with van der Waals surface area (Å²) in [5, 5.41) is 3.43. The van der Waals surface area contributed by atoms with Crippen LogP contribution in [0, 0.1) is 0 Å². The van der Waals surface area contributed by atoms with E-state index < -0.39 is 0 Å². The van der Waals surface area contributed by atoms with Gasteiger partial charge in [-0.25, -0.2) is 4.98 Å². The van der Waals surface area contributed by atoms with E-state index in [9.17, 15) is 0 Å². The lowest BCUT2D eigenvalue weighted by molar-refractivity contribution is 0.318. The number of nitrogens with one attached hydrogen (secondary N) is 1. The molecule has 20 heavy (non-hydrogen) atoms. The average molecular weight is 275 g/mol. The van der Waals surface area contributed by atoms with Crippen molar-refractivity contribution in [3.8, 4) is 5.75 Å². The summed E-state index contributed by atoms with van der Waals surface area (Å²) in [4.78, 5) is 4.72. The standard InChI is InChI=1S/C16H25N3O/c1-5-10-20-13-6-7-15-14(11-13)18-16(19(15)4)8-9-17-12(2)3/h6-7,11-12,17H,5,8-10H2,1-4H3. The Balaban J connectivity index is 2.14. The van der Waals surface area contributed by atoms with Gasteiger partial charge in [0.2, 0.25) is 0 Å². The van der Waals surface area contributed by atoms with Gasteiger partial charge >= 0.3 is 0 Å². The minimum absolute atomic E-state index is 0.513. The molecule has 1 aromatic heterocycles. The van der Waals surface area contributed by atoms with Gasteiger partial charge in [0.05, 0.1) is 17.6 Å². The topological polar surface area (TPSA) is 39.1 Å². The number of hydrogen-bond acceptors (Lipinski definition) is 3. The number of hydrogen-bond donors (Lipinski definition) is 1. The van der Waals surface area contributed by atoms with Crippen LogP contribution in [0.5, 0.6) is 5.75 Å². The summed E-state index contributed by atoms with van der Waals surface area (Å²) in [6, 6.07) is 6.66. The SMILES string of the molecule is CCCOc1ccc2c(c1)nc(CCNC(C)C)n2C. The summed E-state index contributed by atoms with van der Waals surface area (Å²) in [7, 11) is 2.08. The van der Waals surface area contributed by atoms with Gasteiger partial charge in [0, 0.05) is 32.1 Å². The lowest BCUT2D eigenvalue weighted by atomic mass is 10.3. The molecule has 0 saturated carbocycles. The number of nitrogens with zero attached hydrogens (tertiary/aromatic N) is 2. The number of benzene rings is 1. The Labute approximate surface area is 121 Å². The zero-order chi connectivity index (χ0) is 14.5. The van der Waals surface area contributed by atoms with Crippen LogP contribution < -0.4 is 10.1 Å². The average Bonchev–Trinajstić information content (AvgIpc) is 2.72. The maximum absolute atomic E-state index is 5.66. The highest BCUT2D eigenvalue weighted by Gasteiger charge is 2.08. The van der Waals surface area contributed by atoms with Gasteiger partial charge in [-0.05, 0) is 18.6 Å².